The highest BCUT2D eigenvalue weighted by molar-refractivity contribution is 7.09. The number of aryl methyl sites for hydroxylation is 1. The van der Waals surface area contributed by atoms with E-state index in [1.54, 1.807) is 13.0 Å². The third-order valence-electron chi connectivity index (χ3n) is 5.11. The molecule has 1 aromatic carbocycles. The van der Waals surface area contributed by atoms with Gasteiger partial charge in [-0.1, -0.05) is 0 Å². The second-order valence-electron chi connectivity index (χ2n) is 6.38. The summed E-state index contributed by atoms with van der Waals surface area (Å²) in [7, 11) is 0. The zero-order valence-electron chi connectivity index (χ0n) is 12.6. The van der Waals surface area contributed by atoms with E-state index in [0.29, 0.717) is 30.9 Å². The van der Waals surface area contributed by atoms with Gasteiger partial charge in [-0.2, -0.15) is 4.37 Å². The molecule has 2 heterocycles. The molecule has 0 radical (unpaired) electrons. The van der Waals surface area contributed by atoms with Crippen molar-refractivity contribution in [3.05, 3.63) is 35.4 Å². The number of aromatic nitrogens is 2. The molecule has 1 aliphatic heterocycles. The van der Waals surface area contributed by atoms with Crippen LogP contribution in [0.25, 0.3) is 10.6 Å². The van der Waals surface area contributed by atoms with Crippen LogP contribution >= 0.6 is 11.5 Å². The molecule has 1 saturated carbocycles. The van der Waals surface area contributed by atoms with E-state index in [-0.39, 0.29) is 11.6 Å². The third kappa shape index (κ3) is 2.13. The summed E-state index contributed by atoms with van der Waals surface area (Å²) in [5.41, 5.74) is 0.499. The molecule has 1 saturated heterocycles. The molecule has 1 N–H and O–H groups in total. The lowest BCUT2D eigenvalue weighted by atomic mass is 9.91. The third-order valence-corrected chi connectivity index (χ3v) is 5.87. The van der Waals surface area contributed by atoms with E-state index < -0.39 is 17.3 Å². The molecule has 7 heteroatoms. The number of hydrogen-bond donors (Lipinski definition) is 1. The van der Waals surface area contributed by atoms with Crippen molar-refractivity contribution in [3.63, 3.8) is 0 Å². The SMILES string of the molecule is Cc1cc(F)ccc1-c1nc(C2C(F)(F)C23CCNCC3)ns1. The molecule has 23 heavy (non-hydrogen) atoms. The Morgan fingerprint density at radius 2 is 2.00 bits per heavy atom. The van der Waals surface area contributed by atoms with Crippen LogP contribution in [0.2, 0.25) is 0 Å². The normalized spacial score (nSPS) is 24.8. The second kappa shape index (κ2) is 5.01. The Bertz CT molecular complexity index is 753. The molecule has 3 nitrogen and oxygen atoms in total. The highest BCUT2D eigenvalue weighted by atomic mass is 32.1. The average molecular weight is 339 g/mol. The summed E-state index contributed by atoms with van der Waals surface area (Å²) in [5.74, 6) is -3.70. The lowest BCUT2D eigenvalue weighted by Crippen LogP contribution is -2.32. The average Bonchev–Trinajstić information content (AvgIpc) is 2.84. The minimum atomic E-state index is -2.73. The van der Waals surface area contributed by atoms with E-state index in [4.69, 9.17) is 0 Å². The molecule has 2 aliphatic rings. The molecule has 2 fully saturated rings. The lowest BCUT2D eigenvalue weighted by molar-refractivity contribution is 0.0491. The van der Waals surface area contributed by atoms with Gasteiger partial charge in [0, 0.05) is 5.56 Å². The Morgan fingerprint density at radius 1 is 1.26 bits per heavy atom. The Balaban J connectivity index is 1.66. The van der Waals surface area contributed by atoms with Crippen molar-refractivity contribution in [1.29, 1.82) is 0 Å². The van der Waals surface area contributed by atoms with Crippen LogP contribution in [0.3, 0.4) is 0 Å². The first-order chi connectivity index (χ1) is 11.0. The molecule has 1 atom stereocenters. The molecule has 0 bridgehead atoms. The summed E-state index contributed by atoms with van der Waals surface area (Å²) < 4.78 is 46.2. The molecular formula is C16H16F3N3S. The van der Waals surface area contributed by atoms with E-state index in [2.05, 4.69) is 14.7 Å². The topological polar surface area (TPSA) is 37.8 Å². The fraction of sp³-hybridized carbons (Fsp3) is 0.500. The number of piperidine rings is 1. The van der Waals surface area contributed by atoms with Gasteiger partial charge in [-0.3, -0.25) is 0 Å². The lowest BCUT2D eigenvalue weighted by Gasteiger charge is -2.22. The van der Waals surface area contributed by atoms with Crippen LogP contribution in [0.4, 0.5) is 13.2 Å². The summed E-state index contributed by atoms with van der Waals surface area (Å²) in [6, 6.07) is 4.39. The van der Waals surface area contributed by atoms with Crippen LogP contribution in [0.15, 0.2) is 18.2 Å². The summed E-state index contributed by atoms with van der Waals surface area (Å²) in [6.45, 7) is 3.00. The van der Waals surface area contributed by atoms with E-state index in [1.807, 2.05) is 0 Å². The number of rotatable bonds is 2. The monoisotopic (exact) mass is 339 g/mol. The molecule has 2 aromatic rings. The number of benzene rings is 1. The molecular weight excluding hydrogens is 323 g/mol. The molecule has 1 unspecified atom stereocenters. The van der Waals surface area contributed by atoms with Crippen molar-refractivity contribution in [2.75, 3.05) is 13.1 Å². The predicted molar refractivity (Wildman–Crippen MR) is 82.3 cm³/mol. The van der Waals surface area contributed by atoms with E-state index in [0.717, 1.165) is 22.7 Å². The first kappa shape index (κ1) is 15.1. The smallest absolute Gasteiger partial charge is 0.265 e. The van der Waals surface area contributed by atoms with Gasteiger partial charge in [0.25, 0.3) is 5.92 Å². The van der Waals surface area contributed by atoms with Gasteiger partial charge in [0.2, 0.25) is 0 Å². The molecule has 1 aromatic heterocycles. The van der Waals surface area contributed by atoms with Gasteiger partial charge in [0.15, 0.2) is 5.82 Å². The van der Waals surface area contributed by atoms with Gasteiger partial charge in [0.1, 0.15) is 10.8 Å². The maximum atomic E-state index is 14.4. The summed E-state index contributed by atoms with van der Waals surface area (Å²) >= 11 is 1.11. The van der Waals surface area contributed by atoms with Crippen molar-refractivity contribution >= 4 is 11.5 Å². The van der Waals surface area contributed by atoms with Crippen molar-refractivity contribution in [3.8, 4) is 10.6 Å². The van der Waals surface area contributed by atoms with Gasteiger partial charge in [0.05, 0.1) is 11.3 Å². The van der Waals surface area contributed by atoms with Crippen LogP contribution in [-0.4, -0.2) is 28.4 Å². The minimum Gasteiger partial charge on any atom is -0.317 e. The van der Waals surface area contributed by atoms with Crippen LogP contribution in [-0.2, 0) is 0 Å². The maximum Gasteiger partial charge on any atom is 0.265 e. The fourth-order valence-corrected chi connectivity index (χ4v) is 4.53. The first-order valence-electron chi connectivity index (χ1n) is 7.64. The summed E-state index contributed by atoms with van der Waals surface area (Å²) in [6.07, 6.45) is 0.906. The highest BCUT2D eigenvalue weighted by Gasteiger charge is 2.81. The molecule has 122 valence electrons. The highest BCUT2D eigenvalue weighted by Crippen LogP contribution is 2.74. The number of nitrogens with zero attached hydrogens (tertiary/aromatic N) is 2. The number of nitrogens with one attached hydrogen (secondary N) is 1. The number of alkyl halides is 2. The van der Waals surface area contributed by atoms with Crippen molar-refractivity contribution in [1.82, 2.24) is 14.7 Å². The van der Waals surface area contributed by atoms with E-state index in [9.17, 15) is 13.2 Å². The minimum absolute atomic E-state index is 0.237. The van der Waals surface area contributed by atoms with E-state index in [1.165, 1.54) is 12.1 Å². The van der Waals surface area contributed by atoms with Crippen LogP contribution in [0, 0.1) is 18.2 Å². The standard InChI is InChI=1S/C16H16F3N3S/c1-9-8-10(17)2-3-11(9)14-21-13(22-23-14)12-15(16(12,18)19)4-6-20-7-5-15/h2-3,8,12,20H,4-7H2,1H3. The fourth-order valence-electron chi connectivity index (χ4n) is 3.74. The molecule has 4 rings (SSSR count). The largest absolute Gasteiger partial charge is 0.317 e. The van der Waals surface area contributed by atoms with Crippen LogP contribution < -0.4 is 5.32 Å². The number of halogens is 3. The van der Waals surface area contributed by atoms with Gasteiger partial charge >= 0.3 is 0 Å². The van der Waals surface area contributed by atoms with Crippen molar-refractivity contribution in [2.45, 2.75) is 31.6 Å². The first-order valence-corrected chi connectivity index (χ1v) is 8.42. The second-order valence-corrected chi connectivity index (χ2v) is 7.13. The zero-order valence-corrected chi connectivity index (χ0v) is 13.4. The number of hydrogen-bond acceptors (Lipinski definition) is 4. The predicted octanol–water partition coefficient (Wildman–Crippen LogP) is 3.75. The van der Waals surface area contributed by atoms with Gasteiger partial charge < -0.3 is 5.32 Å². The quantitative estimate of drug-likeness (QED) is 0.905. The van der Waals surface area contributed by atoms with Gasteiger partial charge in [-0.05, 0) is 68.1 Å². The molecule has 1 aliphatic carbocycles. The maximum absolute atomic E-state index is 14.4. The van der Waals surface area contributed by atoms with Crippen LogP contribution in [0.5, 0.6) is 0 Å². The van der Waals surface area contributed by atoms with Crippen molar-refractivity contribution in [2.24, 2.45) is 5.41 Å². The van der Waals surface area contributed by atoms with Gasteiger partial charge in [-0.25, -0.2) is 18.2 Å². The summed E-state index contributed by atoms with van der Waals surface area (Å²) in [4.78, 5) is 4.36. The van der Waals surface area contributed by atoms with Crippen LogP contribution in [0.1, 0.15) is 30.1 Å². The Labute approximate surface area is 136 Å². The Hall–Kier alpha value is -1.47. The Kier molecular flexibility index (Phi) is 3.29. The van der Waals surface area contributed by atoms with Gasteiger partial charge in [-0.15, -0.1) is 0 Å². The Morgan fingerprint density at radius 3 is 2.70 bits per heavy atom. The zero-order chi connectivity index (χ0) is 16.2. The molecule has 0 amide bonds. The van der Waals surface area contributed by atoms with E-state index >= 15 is 0 Å². The summed E-state index contributed by atoms with van der Waals surface area (Å²) in [5, 5.41) is 3.70. The van der Waals surface area contributed by atoms with Crippen molar-refractivity contribution < 1.29 is 13.2 Å². The molecule has 1 spiro atoms.